The SMILES string of the molecule is CC(C)[C@H](NC(=O)[C@H](O[Si](C)(C)C(C)(C)C)c1ccccc1)C(=O)O. The minimum absolute atomic E-state index is 0.0649. The average molecular weight is 366 g/mol. The number of carbonyl (C=O) groups excluding carboxylic acids is 1. The molecule has 1 rings (SSSR count). The molecular weight excluding hydrogens is 334 g/mol. The van der Waals surface area contributed by atoms with Gasteiger partial charge in [-0.3, -0.25) is 4.79 Å². The highest BCUT2D eigenvalue weighted by Gasteiger charge is 2.41. The molecular formula is C19H31NO4Si. The van der Waals surface area contributed by atoms with Crippen molar-refractivity contribution in [3.05, 3.63) is 35.9 Å². The fourth-order valence-electron chi connectivity index (χ4n) is 2.11. The van der Waals surface area contributed by atoms with E-state index in [9.17, 15) is 14.7 Å². The van der Waals surface area contributed by atoms with Crippen LogP contribution in [0.2, 0.25) is 18.1 Å². The Morgan fingerprint density at radius 2 is 1.64 bits per heavy atom. The van der Waals surface area contributed by atoms with Gasteiger partial charge in [-0.25, -0.2) is 4.79 Å². The molecule has 0 aliphatic heterocycles. The molecule has 140 valence electrons. The first-order chi connectivity index (χ1) is 11.4. The normalized spacial score (nSPS) is 14.9. The number of aliphatic carboxylic acids is 1. The van der Waals surface area contributed by atoms with E-state index < -0.39 is 32.3 Å². The Labute approximate surface area is 151 Å². The van der Waals surface area contributed by atoms with Crippen LogP contribution in [0.3, 0.4) is 0 Å². The quantitative estimate of drug-likeness (QED) is 0.717. The van der Waals surface area contributed by atoms with Crippen LogP contribution in [-0.2, 0) is 14.0 Å². The van der Waals surface area contributed by atoms with E-state index in [0.717, 1.165) is 5.56 Å². The van der Waals surface area contributed by atoms with Gasteiger partial charge in [-0.1, -0.05) is 65.0 Å². The number of hydrogen-bond donors (Lipinski definition) is 2. The Bertz CT molecular complexity index is 593. The molecule has 2 atom stereocenters. The molecule has 0 bridgehead atoms. The number of nitrogens with one attached hydrogen (secondary N) is 1. The molecule has 1 amide bonds. The molecule has 0 spiro atoms. The third-order valence-corrected chi connectivity index (χ3v) is 9.23. The number of carboxylic acid groups (broad SMARTS) is 1. The first-order valence-corrected chi connectivity index (χ1v) is 11.5. The van der Waals surface area contributed by atoms with Crippen molar-refractivity contribution in [2.75, 3.05) is 0 Å². The lowest BCUT2D eigenvalue weighted by Crippen LogP contribution is -2.49. The molecule has 0 aliphatic rings. The van der Waals surface area contributed by atoms with Crippen molar-refractivity contribution in [3.63, 3.8) is 0 Å². The van der Waals surface area contributed by atoms with Crippen LogP contribution in [0.25, 0.3) is 0 Å². The molecule has 5 nitrogen and oxygen atoms in total. The Morgan fingerprint density at radius 1 is 1.12 bits per heavy atom. The van der Waals surface area contributed by atoms with Crippen LogP contribution in [0.4, 0.5) is 0 Å². The minimum Gasteiger partial charge on any atom is -0.480 e. The van der Waals surface area contributed by atoms with Gasteiger partial charge in [0.1, 0.15) is 12.1 Å². The maximum absolute atomic E-state index is 12.9. The predicted octanol–water partition coefficient (Wildman–Crippen LogP) is 3.97. The second-order valence-corrected chi connectivity index (χ2v) is 13.0. The van der Waals surface area contributed by atoms with E-state index in [0.29, 0.717) is 0 Å². The van der Waals surface area contributed by atoms with Gasteiger partial charge in [0, 0.05) is 0 Å². The number of carbonyl (C=O) groups is 2. The van der Waals surface area contributed by atoms with Crippen molar-refractivity contribution in [2.45, 2.75) is 64.9 Å². The molecule has 1 aromatic rings. The Balaban J connectivity index is 3.15. The van der Waals surface area contributed by atoms with E-state index in [2.05, 4.69) is 39.2 Å². The first kappa shape index (κ1) is 21.4. The molecule has 0 heterocycles. The molecule has 0 saturated heterocycles. The van der Waals surface area contributed by atoms with Crippen LogP contribution >= 0.6 is 0 Å². The number of benzene rings is 1. The van der Waals surface area contributed by atoms with E-state index in [1.54, 1.807) is 13.8 Å². The van der Waals surface area contributed by atoms with Crippen molar-refractivity contribution in [1.82, 2.24) is 5.32 Å². The molecule has 2 N–H and O–H groups in total. The molecule has 6 heteroatoms. The van der Waals surface area contributed by atoms with Crippen LogP contribution in [0.15, 0.2) is 30.3 Å². The van der Waals surface area contributed by atoms with Crippen molar-refractivity contribution >= 4 is 20.2 Å². The lowest BCUT2D eigenvalue weighted by Gasteiger charge is -2.39. The van der Waals surface area contributed by atoms with Gasteiger partial charge in [-0.05, 0) is 29.6 Å². The smallest absolute Gasteiger partial charge is 0.326 e. The Morgan fingerprint density at radius 3 is 2.04 bits per heavy atom. The van der Waals surface area contributed by atoms with Gasteiger partial charge in [-0.15, -0.1) is 0 Å². The van der Waals surface area contributed by atoms with Crippen molar-refractivity contribution in [2.24, 2.45) is 5.92 Å². The van der Waals surface area contributed by atoms with Gasteiger partial charge in [-0.2, -0.15) is 0 Å². The van der Waals surface area contributed by atoms with E-state index in [-0.39, 0.29) is 11.0 Å². The van der Waals surface area contributed by atoms with Gasteiger partial charge in [0.15, 0.2) is 8.32 Å². The zero-order chi connectivity index (χ0) is 19.4. The number of hydrogen-bond acceptors (Lipinski definition) is 3. The summed E-state index contributed by atoms with van der Waals surface area (Å²) in [7, 11) is -2.23. The third-order valence-electron chi connectivity index (χ3n) is 4.79. The van der Waals surface area contributed by atoms with E-state index in [4.69, 9.17) is 4.43 Å². The monoisotopic (exact) mass is 365 g/mol. The number of rotatable bonds is 7. The minimum atomic E-state index is -2.23. The topological polar surface area (TPSA) is 75.6 Å². The van der Waals surface area contributed by atoms with Crippen molar-refractivity contribution < 1.29 is 19.1 Å². The summed E-state index contributed by atoms with van der Waals surface area (Å²) in [6, 6.07) is 8.30. The van der Waals surface area contributed by atoms with Crippen molar-refractivity contribution in [3.8, 4) is 0 Å². The summed E-state index contributed by atoms with van der Waals surface area (Å²) in [5.41, 5.74) is 0.734. The number of amides is 1. The molecule has 0 unspecified atom stereocenters. The lowest BCUT2D eigenvalue weighted by molar-refractivity contribution is -0.144. The molecule has 0 radical (unpaired) electrons. The summed E-state index contributed by atoms with van der Waals surface area (Å²) in [6.07, 6.45) is -0.817. The highest BCUT2D eigenvalue weighted by molar-refractivity contribution is 6.74. The highest BCUT2D eigenvalue weighted by atomic mass is 28.4. The average Bonchev–Trinajstić information content (AvgIpc) is 2.49. The lowest BCUT2D eigenvalue weighted by atomic mass is 10.0. The van der Waals surface area contributed by atoms with Gasteiger partial charge >= 0.3 is 5.97 Å². The first-order valence-electron chi connectivity index (χ1n) is 8.63. The van der Waals surface area contributed by atoms with E-state index in [1.807, 2.05) is 30.3 Å². The summed E-state index contributed by atoms with van der Waals surface area (Å²) in [5, 5.41) is 11.9. The molecule has 0 saturated carbocycles. The molecule has 1 aromatic carbocycles. The fourth-order valence-corrected chi connectivity index (χ4v) is 3.30. The fraction of sp³-hybridized carbons (Fsp3) is 0.579. The highest BCUT2D eigenvalue weighted by Crippen LogP contribution is 2.39. The van der Waals surface area contributed by atoms with Gasteiger partial charge < -0.3 is 14.8 Å². The van der Waals surface area contributed by atoms with Gasteiger partial charge in [0.2, 0.25) is 0 Å². The Hall–Kier alpha value is -1.66. The zero-order valence-electron chi connectivity index (χ0n) is 16.3. The maximum atomic E-state index is 12.9. The Kier molecular flexibility index (Phi) is 6.96. The second-order valence-electron chi connectivity index (χ2n) is 8.24. The summed E-state index contributed by atoms with van der Waals surface area (Å²) in [5.74, 6) is -1.66. The van der Waals surface area contributed by atoms with Crippen LogP contribution in [0, 0.1) is 5.92 Å². The molecule has 0 aliphatic carbocycles. The summed E-state index contributed by atoms with van der Waals surface area (Å²) in [4.78, 5) is 24.3. The van der Waals surface area contributed by atoms with Crippen LogP contribution < -0.4 is 5.32 Å². The molecule has 0 fully saturated rings. The maximum Gasteiger partial charge on any atom is 0.326 e. The van der Waals surface area contributed by atoms with E-state index >= 15 is 0 Å². The van der Waals surface area contributed by atoms with Gasteiger partial charge in [0.25, 0.3) is 5.91 Å². The van der Waals surface area contributed by atoms with Crippen LogP contribution in [-0.4, -0.2) is 31.3 Å². The molecule has 25 heavy (non-hydrogen) atoms. The summed E-state index contributed by atoms with van der Waals surface area (Å²) >= 11 is 0. The van der Waals surface area contributed by atoms with Gasteiger partial charge in [0.05, 0.1) is 0 Å². The standard InChI is InChI=1S/C19H31NO4Si/c1-13(2)15(18(22)23)20-17(21)16(14-11-9-8-10-12-14)24-25(6,7)19(3,4)5/h8-13,15-16H,1-7H3,(H,20,21)(H,22,23)/t15-,16+/m0/s1. The number of carboxylic acids is 1. The largest absolute Gasteiger partial charge is 0.480 e. The molecule has 0 aromatic heterocycles. The zero-order valence-corrected chi connectivity index (χ0v) is 17.3. The summed E-state index contributed by atoms with van der Waals surface area (Å²) in [6.45, 7) is 14.0. The van der Waals surface area contributed by atoms with E-state index in [1.165, 1.54) is 0 Å². The van der Waals surface area contributed by atoms with Crippen LogP contribution in [0.5, 0.6) is 0 Å². The summed E-state index contributed by atoms with van der Waals surface area (Å²) < 4.78 is 6.34. The van der Waals surface area contributed by atoms with Crippen molar-refractivity contribution in [1.29, 1.82) is 0 Å². The third kappa shape index (κ3) is 5.68. The van der Waals surface area contributed by atoms with Crippen LogP contribution in [0.1, 0.15) is 46.3 Å². The second kappa shape index (κ2) is 8.14. The predicted molar refractivity (Wildman–Crippen MR) is 102 cm³/mol.